The molecule has 0 atom stereocenters. The fourth-order valence-electron chi connectivity index (χ4n) is 4.48. The van der Waals surface area contributed by atoms with Gasteiger partial charge in [-0.05, 0) is 56.9 Å². The van der Waals surface area contributed by atoms with Gasteiger partial charge >= 0.3 is 0 Å². The number of halogens is 1. The molecule has 1 aromatic carbocycles. The second kappa shape index (κ2) is 8.26. The van der Waals surface area contributed by atoms with Crippen molar-refractivity contribution in [3.63, 3.8) is 0 Å². The largest absolute Gasteiger partial charge is 0.352 e. The molecule has 0 spiro atoms. The Morgan fingerprint density at radius 2 is 1.93 bits per heavy atom. The Morgan fingerprint density at radius 3 is 2.67 bits per heavy atom. The third kappa shape index (κ3) is 3.76. The number of pyridine rings is 1. The Balaban J connectivity index is 1.82. The van der Waals surface area contributed by atoms with E-state index in [0.717, 1.165) is 53.6 Å². The standard InChI is InChI=1S/C23H27ClN4O2/c1-14-12-21(30)27(13-20(29)25-17-8-5-4-6-9-17)23-22(14)16(3)26-28(23)19-11-7-10-18(24)15(19)2/h7,10-12,17H,4-6,8-9,13H2,1-3H3,(H,25,29). The van der Waals surface area contributed by atoms with E-state index in [1.807, 2.05) is 39.0 Å². The lowest BCUT2D eigenvalue weighted by Gasteiger charge is -2.23. The molecule has 3 aromatic rings. The summed E-state index contributed by atoms with van der Waals surface area (Å²) in [6.07, 6.45) is 5.51. The van der Waals surface area contributed by atoms with Gasteiger partial charge in [-0.25, -0.2) is 4.68 Å². The average molecular weight is 427 g/mol. The zero-order valence-corrected chi connectivity index (χ0v) is 18.4. The van der Waals surface area contributed by atoms with Crippen LogP contribution in [0.5, 0.6) is 0 Å². The number of aryl methyl sites for hydroxylation is 2. The van der Waals surface area contributed by atoms with Gasteiger partial charge in [0.15, 0.2) is 0 Å². The van der Waals surface area contributed by atoms with Crippen molar-refractivity contribution in [2.75, 3.05) is 0 Å². The van der Waals surface area contributed by atoms with Gasteiger partial charge in [0.25, 0.3) is 5.56 Å². The van der Waals surface area contributed by atoms with E-state index in [4.69, 9.17) is 16.7 Å². The minimum atomic E-state index is -0.209. The third-order valence-corrected chi connectivity index (χ3v) is 6.44. The molecule has 30 heavy (non-hydrogen) atoms. The summed E-state index contributed by atoms with van der Waals surface area (Å²) in [5.74, 6) is -0.137. The summed E-state index contributed by atoms with van der Waals surface area (Å²) in [7, 11) is 0. The lowest BCUT2D eigenvalue weighted by molar-refractivity contribution is -0.122. The van der Waals surface area contributed by atoms with Crippen LogP contribution in [0.4, 0.5) is 0 Å². The van der Waals surface area contributed by atoms with Crippen LogP contribution >= 0.6 is 11.6 Å². The summed E-state index contributed by atoms with van der Waals surface area (Å²) < 4.78 is 3.27. The number of hydrogen-bond donors (Lipinski definition) is 1. The number of carbonyl (C=O) groups excluding carboxylic acids is 1. The molecule has 0 radical (unpaired) electrons. The predicted octanol–water partition coefficient (Wildman–Crippen LogP) is 4.21. The van der Waals surface area contributed by atoms with E-state index >= 15 is 0 Å². The van der Waals surface area contributed by atoms with Crippen LogP contribution in [-0.4, -0.2) is 26.3 Å². The molecule has 1 aliphatic rings. The number of amides is 1. The van der Waals surface area contributed by atoms with Gasteiger partial charge in [-0.15, -0.1) is 0 Å². The molecule has 0 unspecified atom stereocenters. The van der Waals surface area contributed by atoms with Gasteiger partial charge < -0.3 is 5.32 Å². The summed E-state index contributed by atoms with van der Waals surface area (Å²) in [6.45, 7) is 5.72. The number of carbonyl (C=O) groups is 1. The van der Waals surface area contributed by atoms with Crippen molar-refractivity contribution in [3.05, 3.63) is 56.5 Å². The molecular weight excluding hydrogens is 400 g/mol. The zero-order chi connectivity index (χ0) is 21.4. The topological polar surface area (TPSA) is 68.9 Å². The highest BCUT2D eigenvalue weighted by Gasteiger charge is 2.21. The summed E-state index contributed by atoms with van der Waals surface area (Å²) in [5, 5.41) is 9.34. The molecular formula is C23H27ClN4O2. The minimum Gasteiger partial charge on any atom is -0.352 e. The Hall–Kier alpha value is -2.60. The zero-order valence-electron chi connectivity index (χ0n) is 17.7. The first kappa shape index (κ1) is 20.7. The van der Waals surface area contributed by atoms with Crippen LogP contribution in [0.15, 0.2) is 29.1 Å². The maximum atomic E-state index is 12.9. The van der Waals surface area contributed by atoms with Crippen molar-refractivity contribution < 1.29 is 4.79 Å². The first-order valence-electron chi connectivity index (χ1n) is 10.5. The lowest BCUT2D eigenvalue weighted by Crippen LogP contribution is -2.40. The van der Waals surface area contributed by atoms with E-state index in [9.17, 15) is 9.59 Å². The van der Waals surface area contributed by atoms with Crippen LogP contribution in [-0.2, 0) is 11.3 Å². The summed E-state index contributed by atoms with van der Waals surface area (Å²) in [6, 6.07) is 7.40. The lowest BCUT2D eigenvalue weighted by atomic mass is 9.95. The third-order valence-electron chi connectivity index (χ3n) is 6.03. The number of fused-ring (bicyclic) bond motifs is 1. The molecule has 7 heteroatoms. The predicted molar refractivity (Wildman–Crippen MR) is 120 cm³/mol. The Morgan fingerprint density at radius 1 is 1.20 bits per heavy atom. The molecule has 1 amide bonds. The molecule has 2 heterocycles. The number of nitrogens with one attached hydrogen (secondary N) is 1. The smallest absolute Gasteiger partial charge is 0.252 e. The molecule has 4 rings (SSSR count). The van der Waals surface area contributed by atoms with E-state index in [0.29, 0.717) is 10.7 Å². The van der Waals surface area contributed by atoms with Gasteiger partial charge in [-0.3, -0.25) is 14.2 Å². The SMILES string of the molecule is Cc1c(Cl)cccc1-n1nc(C)c2c(C)cc(=O)n(CC(=O)NC3CCCCC3)c21. The summed E-state index contributed by atoms with van der Waals surface area (Å²) >= 11 is 6.34. The molecule has 158 valence electrons. The fourth-order valence-corrected chi connectivity index (χ4v) is 4.65. The summed E-state index contributed by atoms with van der Waals surface area (Å²) in [5.41, 5.74) is 3.75. The van der Waals surface area contributed by atoms with Crippen LogP contribution in [0.3, 0.4) is 0 Å². The van der Waals surface area contributed by atoms with Gasteiger partial charge in [0.1, 0.15) is 12.2 Å². The number of benzene rings is 1. The monoisotopic (exact) mass is 426 g/mol. The van der Waals surface area contributed by atoms with Crippen LogP contribution in [0.1, 0.15) is 48.9 Å². The minimum absolute atomic E-state index is 0.0309. The highest BCUT2D eigenvalue weighted by molar-refractivity contribution is 6.31. The van der Waals surface area contributed by atoms with E-state index in [1.54, 1.807) is 10.7 Å². The number of aromatic nitrogens is 3. The van der Waals surface area contributed by atoms with Crippen molar-refractivity contribution in [1.82, 2.24) is 19.7 Å². The van der Waals surface area contributed by atoms with Crippen LogP contribution < -0.4 is 10.9 Å². The molecule has 0 aliphatic heterocycles. The maximum absolute atomic E-state index is 12.9. The van der Waals surface area contributed by atoms with E-state index < -0.39 is 0 Å². The first-order chi connectivity index (χ1) is 14.4. The van der Waals surface area contributed by atoms with Gasteiger partial charge in [-0.2, -0.15) is 5.10 Å². The number of rotatable bonds is 4. The Labute approximate surface area is 180 Å². The van der Waals surface area contributed by atoms with Crippen LogP contribution in [0.2, 0.25) is 5.02 Å². The second-order valence-electron chi connectivity index (χ2n) is 8.23. The normalized spacial score (nSPS) is 14.9. The number of hydrogen-bond acceptors (Lipinski definition) is 3. The second-order valence-corrected chi connectivity index (χ2v) is 8.64. The van der Waals surface area contributed by atoms with Gasteiger partial charge in [0, 0.05) is 22.5 Å². The van der Waals surface area contributed by atoms with Gasteiger partial charge in [-0.1, -0.05) is 36.9 Å². The Bertz CT molecular complexity index is 1170. The highest BCUT2D eigenvalue weighted by Crippen LogP contribution is 2.28. The van der Waals surface area contributed by atoms with E-state index in [-0.39, 0.29) is 24.1 Å². The highest BCUT2D eigenvalue weighted by atomic mass is 35.5. The Kier molecular flexibility index (Phi) is 5.69. The molecule has 6 nitrogen and oxygen atoms in total. The average Bonchev–Trinajstić information content (AvgIpc) is 3.05. The fraction of sp³-hybridized carbons (Fsp3) is 0.435. The number of nitrogens with zero attached hydrogens (tertiary/aromatic N) is 3. The van der Waals surface area contributed by atoms with E-state index in [1.165, 1.54) is 11.0 Å². The van der Waals surface area contributed by atoms with Crippen LogP contribution in [0.25, 0.3) is 16.7 Å². The van der Waals surface area contributed by atoms with Gasteiger partial charge in [0.2, 0.25) is 5.91 Å². The molecule has 1 aliphatic carbocycles. The summed E-state index contributed by atoms with van der Waals surface area (Å²) in [4.78, 5) is 25.8. The quantitative estimate of drug-likeness (QED) is 0.679. The van der Waals surface area contributed by atoms with E-state index in [2.05, 4.69) is 5.32 Å². The molecule has 1 saturated carbocycles. The molecule has 1 fully saturated rings. The molecule has 1 N–H and O–H groups in total. The van der Waals surface area contributed by atoms with Crippen LogP contribution in [0, 0.1) is 20.8 Å². The van der Waals surface area contributed by atoms with Crippen molar-refractivity contribution in [2.24, 2.45) is 0 Å². The maximum Gasteiger partial charge on any atom is 0.252 e. The molecule has 0 saturated heterocycles. The van der Waals surface area contributed by atoms with Gasteiger partial charge in [0.05, 0.1) is 11.4 Å². The van der Waals surface area contributed by atoms with Crippen molar-refractivity contribution >= 4 is 28.5 Å². The first-order valence-corrected chi connectivity index (χ1v) is 10.9. The molecule has 0 bridgehead atoms. The van der Waals surface area contributed by atoms with Crippen molar-refractivity contribution in [2.45, 2.75) is 65.5 Å². The molecule has 2 aromatic heterocycles. The van der Waals surface area contributed by atoms with Crippen molar-refractivity contribution in [1.29, 1.82) is 0 Å². The van der Waals surface area contributed by atoms with Crippen molar-refractivity contribution in [3.8, 4) is 5.69 Å².